The van der Waals surface area contributed by atoms with Gasteiger partial charge in [0.2, 0.25) is 0 Å². The lowest BCUT2D eigenvalue weighted by molar-refractivity contribution is 0.102. The SMILES string of the molecule is CC(C)c1ccc(S(=O)(=O)CC(=O)c2sccc2Br)cc1. The molecule has 0 aliphatic heterocycles. The van der Waals surface area contributed by atoms with Crippen molar-refractivity contribution >= 4 is 42.9 Å². The molecule has 0 radical (unpaired) electrons. The zero-order valence-corrected chi connectivity index (χ0v) is 14.9. The Bertz CT molecular complexity index is 743. The molecule has 1 aromatic carbocycles. The van der Waals surface area contributed by atoms with Gasteiger partial charge in [-0.15, -0.1) is 11.3 Å². The maximum Gasteiger partial charge on any atom is 0.189 e. The summed E-state index contributed by atoms with van der Waals surface area (Å²) in [6.45, 7) is 4.09. The van der Waals surface area contributed by atoms with E-state index in [-0.39, 0.29) is 10.7 Å². The Balaban J connectivity index is 2.22. The minimum atomic E-state index is -3.61. The minimum absolute atomic E-state index is 0.188. The number of carbonyl (C=O) groups excluding carboxylic acids is 1. The largest absolute Gasteiger partial charge is 0.292 e. The van der Waals surface area contributed by atoms with Gasteiger partial charge in [0.15, 0.2) is 15.6 Å². The summed E-state index contributed by atoms with van der Waals surface area (Å²) in [5, 5.41) is 1.75. The lowest BCUT2D eigenvalue weighted by atomic mass is 10.0. The fourth-order valence-corrected chi connectivity index (χ4v) is 4.71. The summed E-state index contributed by atoms with van der Waals surface area (Å²) in [6.07, 6.45) is 0. The van der Waals surface area contributed by atoms with Crippen molar-refractivity contribution in [3.05, 3.63) is 50.6 Å². The van der Waals surface area contributed by atoms with Crippen molar-refractivity contribution in [2.24, 2.45) is 0 Å². The van der Waals surface area contributed by atoms with Crippen molar-refractivity contribution < 1.29 is 13.2 Å². The Hall–Kier alpha value is -0.980. The van der Waals surface area contributed by atoms with Crippen LogP contribution >= 0.6 is 27.3 Å². The fourth-order valence-electron chi connectivity index (χ4n) is 1.87. The molecule has 112 valence electrons. The average Bonchev–Trinajstić information content (AvgIpc) is 2.84. The van der Waals surface area contributed by atoms with E-state index in [2.05, 4.69) is 15.9 Å². The van der Waals surface area contributed by atoms with E-state index in [0.29, 0.717) is 15.3 Å². The molecule has 0 bridgehead atoms. The first kappa shape index (κ1) is 16.4. The van der Waals surface area contributed by atoms with Crippen molar-refractivity contribution in [3.63, 3.8) is 0 Å². The summed E-state index contributed by atoms with van der Waals surface area (Å²) in [7, 11) is -3.61. The molecule has 1 aromatic heterocycles. The van der Waals surface area contributed by atoms with Crippen LogP contribution in [-0.4, -0.2) is 20.0 Å². The molecule has 3 nitrogen and oxygen atoms in total. The molecule has 0 aliphatic rings. The molecule has 21 heavy (non-hydrogen) atoms. The number of thiophene rings is 1. The lowest BCUT2D eigenvalue weighted by Crippen LogP contribution is -2.16. The first-order chi connectivity index (χ1) is 9.81. The van der Waals surface area contributed by atoms with Gasteiger partial charge in [-0.2, -0.15) is 0 Å². The number of hydrogen-bond donors (Lipinski definition) is 0. The van der Waals surface area contributed by atoms with E-state index in [4.69, 9.17) is 0 Å². The molecule has 2 rings (SSSR count). The van der Waals surface area contributed by atoms with E-state index in [1.54, 1.807) is 35.7 Å². The van der Waals surface area contributed by atoms with Crippen LogP contribution in [0.4, 0.5) is 0 Å². The first-order valence-corrected chi connectivity index (χ1v) is 9.72. The fraction of sp³-hybridized carbons (Fsp3) is 0.267. The van der Waals surface area contributed by atoms with Crippen molar-refractivity contribution in [2.75, 3.05) is 5.75 Å². The van der Waals surface area contributed by atoms with Crippen molar-refractivity contribution in [1.82, 2.24) is 0 Å². The molecule has 6 heteroatoms. The highest BCUT2D eigenvalue weighted by molar-refractivity contribution is 9.10. The van der Waals surface area contributed by atoms with Gasteiger partial charge in [0, 0.05) is 4.47 Å². The number of Topliss-reactive ketones (excluding diaryl/α,β-unsaturated/α-hetero) is 1. The highest BCUT2D eigenvalue weighted by Crippen LogP contribution is 2.25. The molecule has 0 N–H and O–H groups in total. The van der Waals surface area contributed by atoms with Gasteiger partial charge in [0.05, 0.1) is 9.77 Å². The Labute approximate surface area is 137 Å². The third-order valence-electron chi connectivity index (χ3n) is 3.10. The molecule has 0 unspecified atom stereocenters. The number of carbonyl (C=O) groups is 1. The molecular formula is C15H15BrO3S2. The Morgan fingerprint density at radius 1 is 1.19 bits per heavy atom. The van der Waals surface area contributed by atoms with Gasteiger partial charge in [-0.1, -0.05) is 26.0 Å². The molecular weight excluding hydrogens is 372 g/mol. The highest BCUT2D eigenvalue weighted by Gasteiger charge is 2.22. The number of ketones is 1. The maximum absolute atomic E-state index is 12.3. The van der Waals surface area contributed by atoms with Gasteiger partial charge in [-0.3, -0.25) is 4.79 Å². The molecule has 2 aromatic rings. The standard InChI is InChI=1S/C15H15BrO3S2/c1-10(2)11-3-5-12(6-4-11)21(18,19)9-14(17)15-13(16)7-8-20-15/h3-8,10H,9H2,1-2H3. The Morgan fingerprint density at radius 2 is 1.81 bits per heavy atom. The smallest absolute Gasteiger partial charge is 0.189 e. The van der Waals surface area contributed by atoms with E-state index in [0.717, 1.165) is 5.56 Å². The molecule has 0 fully saturated rings. The predicted molar refractivity (Wildman–Crippen MR) is 88.9 cm³/mol. The first-order valence-electron chi connectivity index (χ1n) is 6.40. The minimum Gasteiger partial charge on any atom is -0.292 e. The third-order valence-corrected chi connectivity index (χ3v) is 6.61. The predicted octanol–water partition coefficient (Wildman–Crippen LogP) is 4.29. The normalized spacial score (nSPS) is 11.8. The Kier molecular flexibility index (Phi) is 5.01. The van der Waals surface area contributed by atoms with E-state index in [9.17, 15) is 13.2 Å². The van der Waals surface area contributed by atoms with Crippen LogP contribution in [0.1, 0.15) is 35.0 Å². The average molecular weight is 387 g/mol. The summed E-state index contributed by atoms with van der Waals surface area (Å²) in [5.74, 6) is -0.553. The van der Waals surface area contributed by atoms with Crippen molar-refractivity contribution in [2.45, 2.75) is 24.7 Å². The molecule has 1 heterocycles. The Morgan fingerprint density at radius 3 is 2.29 bits per heavy atom. The monoisotopic (exact) mass is 386 g/mol. The topological polar surface area (TPSA) is 51.2 Å². The molecule has 0 amide bonds. The van der Waals surface area contributed by atoms with Crippen LogP contribution in [0.3, 0.4) is 0 Å². The second-order valence-electron chi connectivity index (χ2n) is 5.00. The van der Waals surface area contributed by atoms with E-state index in [1.165, 1.54) is 11.3 Å². The lowest BCUT2D eigenvalue weighted by Gasteiger charge is -2.07. The van der Waals surface area contributed by atoms with Gasteiger partial charge in [-0.05, 0) is 51.0 Å². The number of benzene rings is 1. The van der Waals surface area contributed by atoms with Crippen LogP contribution in [-0.2, 0) is 9.84 Å². The number of rotatable bonds is 5. The molecule has 0 saturated carbocycles. The van der Waals surface area contributed by atoms with Crippen molar-refractivity contribution in [1.29, 1.82) is 0 Å². The second-order valence-corrected chi connectivity index (χ2v) is 8.76. The summed E-state index contributed by atoms with van der Waals surface area (Å²) >= 11 is 4.49. The van der Waals surface area contributed by atoms with Crippen molar-refractivity contribution in [3.8, 4) is 0 Å². The van der Waals surface area contributed by atoms with Crippen LogP contribution in [0.25, 0.3) is 0 Å². The third kappa shape index (κ3) is 3.81. The zero-order valence-electron chi connectivity index (χ0n) is 11.7. The van der Waals surface area contributed by atoms with Crippen LogP contribution in [0, 0.1) is 0 Å². The highest BCUT2D eigenvalue weighted by atomic mass is 79.9. The number of halogens is 1. The van der Waals surface area contributed by atoms with E-state index < -0.39 is 15.6 Å². The summed E-state index contributed by atoms with van der Waals surface area (Å²) in [6, 6.07) is 8.47. The number of hydrogen-bond acceptors (Lipinski definition) is 4. The summed E-state index contributed by atoms with van der Waals surface area (Å²) < 4.78 is 25.2. The van der Waals surface area contributed by atoms with Crippen LogP contribution < -0.4 is 0 Å². The molecule has 0 aliphatic carbocycles. The second kappa shape index (κ2) is 6.42. The zero-order chi connectivity index (χ0) is 15.6. The van der Waals surface area contributed by atoms with E-state index >= 15 is 0 Å². The molecule has 0 spiro atoms. The quantitative estimate of drug-likeness (QED) is 0.720. The van der Waals surface area contributed by atoms with Gasteiger partial charge in [-0.25, -0.2) is 8.42 Å². The number of sulfone groups is 1. The van der Waals surface area contributed by atoms with Crippen LogP contribution in [0.2, 0.25) is 0 Å². The molecule has 0 atom stereocenters. The maximum atomic E-state index is 12.3. The summed E-state index contributed by atoms with van der Waals surface area (Å²) in [5.41, 5.74) is 1.07. The van der Waals surface area contributed by atoms with Gasteiger partial charge in [0.25, 0.3) is 0 Å². The van der Waals surface area contributed by atoms with Crippen LogP contribution in [0.15, 0.2) is 45.1 Å². The summed E-state index contributed by atoms with van der Waals surface area (Å²) in [4.78, 5) is 12.7. The van der Waals surface area contributed by atoms with Gasteiger partial charge < -0.3 is 0 Å². The van der Waals surface area contributed by atoms with Crippen LogP contribution in [0.5, 0.6) is 0 Å². The van der Waals surface area contributed by atoms with E-state index in [1.807, 2.05) is 13.8 Å². The van der Waals surface area contributed by atoms with Gasteiger partial charge in [0.1, 0.15) is 5.75 Å². The molecule has 0 saturated heterocycles. The van der Waals surface area contributed by atoms with Gasteiger partial charge >= 0.3 is 0 Å².